The Balaban J connectivity index is 2.40. The summed E-state index contributed by atoms with van der Waals surface area (Å²) < 4.78 is 0. The van der Waals surface area contributed by atoms with Crippen LogP contribution < -0.4 is 16.0 Å². The molecule has 1 rings (SSSR count). The number of aryl methyl sites for hydroxylation is 1. The first-order chi connectivity index (χ1) is 8.78. The summed E-state index contributed by atoms with van der Waals surface area (Å²) in [5, 5.41) is 7.92. The van der Waals surface area contributed by atoms with Gasteiger partial charge in [-0.05, 0) is 39.3 Å². The lowest BCUT2D eigenvalue weighted by molar-refractivity contribution is -0.118. The van der Waals surface area contributed by atoms with Crippen molar-refractivity contribution in [3.8, 4) is 0 Å². The highest BCUT2D eigenvalue weighted by molar-refractivity contribution is 5.96. The molecule has 0 aliphatic rings. The van der Waals surface area contributed by atoms with E-state index in [1.165, 1.54) is 0 Å². The zero-order valence-corrected chi connectivity index (χ0v) is 11.8. The second-order valence-corrected chi connectivity index (χ2v) is 5.42. The van der Waals surface area contributed by atoms with E-state index in [4.69, 9.17) is 0 Å². The van der Waals surface area contributed by atoms with Crippen molar-refractivity contribution in [1.29, 1.82) is 0 Å². The smallest absolute Gasteiger partial charge is 0.321 e. The normalized spacial score (nSPS) is 10.7. The summed E-state index contributed by atoms with van der Waals surface area (Å²) in [4.78, 5) is 23.1. The monoisotopic (exact) mass is 263 g/mol. The van der Waals surface area contributed by atoms with E-state index < -0.39 is 6.03 Å². The maximum atomic E-state index is 11.6. The topological polar surface area (TPSA) is 70.2 Å². The molecule has 0 unspecified atom stereocenters. The van der Waals surface area contributed by atoms with E-state index in [1.807, 2.05) is 52.0 Å². The van der Waals surface area contributed by atoms with Crippen LogP contribution in [0.3, 0.4) is 0 Å². The molecule has 3 N–H and O–H groups in total. The Labute approximate surface area is 113 Å². The van der Waals surface area contributed by atoms with Gasteiger partial charge >= 0.3 is 6.03 Å². The molecule has 0 saturated heterocycles. The predicted octanol–water partition coefficient (Wildman–Crippen LogP) is 2.03. The first-order valence-electron chi connectivity index (χ1n) is 6.19. The number of hydrogen-bond donors (Lipinski definition) is 3. The average Bonchev–Trinajstić information content (AvgIpc) is 2.25. The van der Waals surface area contributed by atoms with Crippen molar-refractivity contribution in [2.45, 2.75) is 33.2 Å². The first kappa shape index (κ1) is 15.0. The molecule has 5 heteroatoms. The number of rotatable bonds is 3. The molecule has 0 atom stereocenters. The SMILES string of the molecule is Cc1ccccc1NCC(=O)NC(=O)NC(C)(C)C. The highest BCUT2D eigenvalue weighted by Crippen LogP contribution is 2.12. The summed E-state index contributed by atoms with van der Waals surface area (Å²) in [5.41, 5.74) is 1.57. The molecule has 0 heterocycles. The van der Waals surface area contributed by atoms with Gasteiger partial charge in [0.2, 0.25) is 5.91 Å². The van der Waals surface area contributed by atoms with Crippen molar-refractivity contribution in [3.63, 3.8) is 0 Å². The van der Waals surface area contributed by atoms with Crippen LogP contribution >= 0.6 is 0 Å². The van der Waals surface area contributed by atoms with Gasteiger partial charge in [0.25, 0.3) is 0 Å². The van der Waals surface area contributed by atoms with E-state index in [0.29, 0.717) is 0 Å². The number of imide groups is 1. The van der Waals surface area contributed by atoms with E-state index >= 15 is 0 Å². The van der Waals surface area contributed by atoms with Crippen LogP contribution in [0.4, 0.5) is 10.5 Å². The van der Waals surface area contributed by atoms with Gasteiger partial charge in [0, 0.05) is 11.2 Å². The van der Waals surface area contributed by atoms with E-state index in [-0.39, 0.29) is 18.0 Å². The number of benzene rings is 1. The third-order valence-electron chi connectivity index (χ3n) is 2.33. The molecule has 0 aliphatic heterocycles. The maximum absolute atomic E-state index is 11.6. The highest BCUT2D eigenvalue weighted by atomic mass is 16.2. The van der Waals surface area contributed by atoms with Crippen LogP contribution in [0.15, 0.2) is 24.3 Å². The molecule has 0 saturated carbocycles. The molecule has 0 radical (unpaired) electrons. The molecule has 0 spiro atoms. The van der Waals surface area contributed by atoms with Crippen LogP contribution in [-0.2, 0) is 4.79 Å². The van der Waals surface area contributed by atoms with Gasteiger partial charge in [0.1, 0.15) is 0 Å². The van der Waals surface area contributed by atoms with Crippen molar-refractivity contribution >= 4 is 17.6 Å². The van der Waals surface area contributed by atoms with Gasteiger partial charge in [0.05, 0.1) is 6.54 Å². The fourth-order valence-electron chi connectivity index (χ4n) is 1.49. The lowest BCUT2D eigenvalue weighted by Crippen LogP contribution is -2.49. The van der Waals surface area contributed by atoms with Crippen LogP contribution in [0.1, 0.15) is 26.3 Å². The van der Waals surface area contributed by atoms with E-state index in [0.717, 1.165) is 11.3 Å². The number of para-hydroxylation sites is 1. The Morgan fingerprint density at radius 3 is 2.37 bits per heavy atom. The molecule has 1 aromatic rings. The van der Waals surface area contributed by atoms with Crippen molar-refractivity contribution in [2.75, 3.05) is 11.9 Å². The molecule has 0 bridgehead atoms. The molecule has 0 aromatic heterocycles. The molecule has 0 fully saturated rings. The number of hydrogen-bond acceptors (Lipinski definition) is 3. The number of carbonyl (C=O) groups excluding carboxylic acids is 2. The lowest BCUT2D eigenvalue weighted by atomic mass is 10.1. The molecule has 0 aliphatic carbocycles. The summed E-state index contributed by atoms with van der Waals surface area (Å²) >= 11 is 0. The minimum absolute atomic E-state index is 0.0580. The van der Waals surface area contributed by atoms with Gasteiger partial charge in [-0.15, -0.1) is 0 Å². The minimum atomic E-state index is -0.482. The van der Waals surface area contributed by atoms with Crippen molar-refractivity contribution in [2.24, 2.45) is 0 Å². The summed E-state index contributed by atoms with van der Waals surface area (Å²) in [7, 11) is 0. The molecular weight excluding hydrogens is 242 g/mol. The van der Waals surface area contributed by atoms with Crippen molar-refractivity contribution in [1.82, 2.24) is 10.6 Å². The third kappa shape index (κ3) is 5.90. The summed E-state index contributed by atoms with van der Waals surface area (Å²) in [6.07, 6.45) is 0. The number of anilines is 1. The van der Waals surface area contributed by atoms with E-state index in [1.54, 1.807) is 0 Å². The van der Waals surface area contributed by atoms with E-state index in [9.17, 15) is 9.59 Å². The van der Waals surface area contributed by atoms with Crippen LogP contribution in [-0.4, -0.2) is 24.0 Å². The first-order valence-corrected chi connectivity index (χ1v) is 6.19. The Hall–Kier alpha value is -2.04. The van der Waals surface area contributed by atoms with Gasteiger partial charge in [0.15, 0.2) is 0 Å². The molecule has 19 heavy (non-hydrogen) atoms. The maximum Gasteiger partial charge on any atom is 0.321 e. The Morgan fingerprint density at radius 2 is 1.79 bits per heavy atom. The molecule has 5 nitrogen and oxygen atoms in total. The fourth-order valence-corrected chi connectivity index (χ4v) is 1.49. The van der Waals surface area contributed by atoms with Crippen LogP contribution in [0.2, 0.25) is 0 Å². The minimum Gasteiger partial charge on any atom is -0.376 e. The van der Waals surface area contributed by atoms with Gasteiger partial charge < -0.3 is 10.6 Å². The number of amides is 3. The standard InChI is InChI=1S/C14H21N3O2/c1-10-7-5-6-8-11(10)15-9-12(18)16-13(19)17-14(2,3)4/h5-8,15H,9H2,1-4H3,(H2,16,17,18,19). The van der Waals surface area contributed by atoms with Gasteiger partial charge in [-0.2, -0.15) is 0 Å². The second-order valence-electron chi connectivity index (χ2n) is 5.42. The average molecular weight is 263 g/mol. The summed E-state index contributed by atoms with van der Waals surface area (Å²) in [5.74, 6) is -0.370. The van der Waals surface area contributed by atoms with E-state index in [2.05, 4.69) is 16.0 Å². The Bertz CT molecular complexity index is 464. The number of urea groups is 1. The summed E-state index contributed by atoms with van der Waals surface area (Å²) in [6, 6.07) is 7.17. The zero-order chi connectivity index (χ0) is 14.5. The molecule has 104 valence electrons. The zero-order valence-electron chi connectivity index (χ0n) is 11.8. The summed E-state index contributed by atoms with van der Waals surface area (Å²) in [6.45, 7) is 7.56. The van der Waals surface area contributed by atoms with Crippen LogP contribution in [0, 0.1) is 6.92 Å². The van der Waals surface area contributed by atoms with Gasteiger partial charge in [-0.3, -0.25) is 10.1 Å². The van der Waals surface area contributed by atoms with Gasteiger partial charge in [-0.25, -0.2) is 4.79 Å². The predicted molar refractivity (Wildman–Crippen MR) is 76.1 cm³/mol. The molecular formula is C14H21N3O2. The number of carbonyl (C=O) groups is 2. The van der Waals surface area contributed by atoms with Gasteiger partial charge in [-0.1, -0.05) is 18.2 Å². The van der Waals surface area contributed by atoms with Crippen molar-refractivity contribution in [3.05, 3.63) is 29.8 Å². The van der Waals surface area contributed by atoms with Crippen LogP contribution in [0.5, 0.6) is 0 Å². The quantitative estimate of drug-likeness (QED) is 0.781. The fraction of sp³-hybridized carbons (Fsp3) is 0.429. The largest absolute Gasteiger partial charge is 0.376 e. The molecule has 1 aromatic carbocycles. The van der Waals surface area contributed by atoms with Crippen molar-refractivity contribution < 1.29 is 9.59 Å². The number of nitrogens with one attached hydrogen (secondary N) is 3. The van der Waals surface area contributed by atoms with Crippen LogP contribution in [0.25, 0.3) is 0 Å². The third-order valence-corrected chi connectivity index (χ3v) is 2.33. The second kappa shape index (κ2) is 6.22. The Kier molecular flexibility index (Phi) is 4.92. The lowest BCUT2D eigenvalue weighted by Gasteiger charge is -2.20. The Morgan fingerprint density at radius 1 is 1.16 bits per heavy atom. The highest BCUT2D eigenvalue weighted by Gasteiger charge is 2.15. The molecule has 3 amide bonds.